The normalized spacial score (nSPS) is 11.2. The van der Waals surface area contributed by atoms with Crippen molar-refractivity contribution in [1.82, 2.24) is 14.9 Å². The van der Waals surface area contributed by atoms with Crippen molar-refractivity contribution in [3.63, 3.8) is 0 Å². The van der Waals surface area contributed by atoms with Gasteiger partial charge >= 0.3 is 0 Å². The molecule has 0 bridgehead atoms. The van der Waals surface area contributed by atoms with E-state index in [1.54, 1.807) is 0 Å². The SMILES string of the molecule is C=CCCCCCn1c(CNCC(C)C)cnc1C. The third-order valence-corrected chi connectivity index (χ3v) is 3.29. The molecule has 0 radical (unpaired) electrons. The minimum atomic E-state index is 0.691. The molecule has 1 aromatic rings. The number of nitrogens with zero attached hydrogens (tertiary/aromatic N) is 2. The first-order valence-electron chi connectivity index (χ1n) is 7.47. The number of hydrogen-bond acceptors (Lipinski definition) is 2. The average molecular weight is 263 g/mol. The molecule has 1 N–H and O–H groups in total. The van der Waals surface area contributed by atoms with E-state index in [-0.39, 0.29) is 0 Å². The number of allylic oxidation sites excluding steroid dienone is 1. The van der Waals surface area contributed by atoms with Gasteiger partial charge in [0, 0.05) is 19.3 Å². The van der Waals surface area contributed by atoms with Gasteiger partial charge in [-0.25, -0.2) is 4.98 Å². The summed E-state index contributed by atoms with van der Waals surface area (Å²) in [6, 6.07) is 0. The van der Waals surface area contributed by atoms with E-state index in [1.165, 1.54) is 25.0 Å². The first-order valence-corrected chi connectivity index (χ1v) is 7.47. The van der Waals surface area contributed by atoms with Crippen molar-refractivity contribution in [3.05, 3.63) is 30.4 Å². The first-order chi connectivity index (χ1) is 9.15. The molecule has 0 aliphatic heterocycles. The molecule has 1 heterocycles. The van der Waals surface area contributed by atoms with E-state index in [2.05, 4.69) is 42.2 Å². The lowest BCUT2D eigenvalue weighted by atomic mass is 10.2. The summed E-state index contributed by atoms with van der Waals surface area (Å²) in [5, 5.41) is 3.49. The average Bonchev–Trinajstić information content (AvgIpc) is 2.70. The van der Waals surface area contributed by atoms with Crippen LogP contribution < -0.4 is 5.32 Å². The molecule has 0 amide bonds. The van der Waals surface area contributed by atoms with Crippen LogP contribution in [-0.2, 0) is 13.1 Å². The molecule has 3 heteroatoms. The number of aryl methyl sites for hydroxylation is 1. The Morgan fingerprint density at radius 1 is 1.37 bits per heavy atom. The summed E-state index contributed by atoms with van der Waals surface area (Å²) in [6.45, 7) is 13.4. The van der Waals surface area contributed by atoms with Gasteiger partial charge in [0.05, 0.1) is 5.69 Å². The third kappa shape index (κ3) is 6.06. The van der Waals surface area contributed by atoms with Gasteiger partial charge in [-0.1, -0.05) is 26.3 Å². The van der Waals surface area contributed by atoms with Crippen LogP contribution in [0.3, 0.4) is 0 Å². The van der Waals surface area contributed by atoms with Crippen LogP contribution in [0, 0.1) is 12.8 Å². The highest BCUT2D eigenvalue weighted by Crippen LogP contribution is 2.09. The largest absolute Gasteiger partial charge is 0.331 e. The fourth-order valence-corrected chi connectivity index (χ4v) is 2.19. The summed E-state index contributed by atoms with van der Waals surface area (Å²) >= 11 is 0. The Morgan fingerprint density at radius 2 is 2.16 bits per heavy atom. The maximum absolute atomic E-state index is 4.44. The topological polar surface area (TPSA) is 29.9 Å². The van der Waals surface area contributed by atoms with Gasteiger partial charge in [0.1, 0.15) is 5.82 Å². The van der Waals surface area contributed by atoms with Crippen molar-refractivity contribution < 1.29 is 0 Å². The van der Waals surface area contributed by atoms with Gasteiger partial charge in [0.15, 0.2) is 0 Å². The minimum absolute atomic E-state index is 0.691. The maximum Gasteiger partial charge on any atom is 0.105 e. The van der Waals surface area contributed by atoms with E-state index in [0.717, 1.165) is 31.9 Å². The van der Waals surface area contributed by atoms with Crippen molar-refractivity contribution in [3.8, 4) is 0 Å². The maximum atomic E-state index is 4.44. The van der Waals surface area contributed by atoms with Crippen LogP contribution in [0.4, 0.5) is 0 Å². The number of hydrogen-bond donors (Lipinski definition) is 1. The number of unbranched alkanes of at least 4 members (excludes halogenated alkanes) is 3. The van der Waals surface area contributed by atoms with Crippen LogP contribution in [0.5, 0.6) is 0 Å². The van der Waals surface area contributed by atoms with Gasteiger partial charge in [-0.3, -0.25) is 0 Å². The predicted octanol–water partition coefficient (Wildman–Crippen LogP) is 3.68. The Bertz CT molecular complexity index is 366. The van der Waals surface area contributed by atoms with E-state index in [0.29, 0.717) is 5.92 Å². The number of nitrogens with one attached hydrogen (secondary N) is 1. The van der Waals surface area contributed by atoms with Gasteiger partial charge in [0.2, 0.25) is 0 Å². The lowest BCUT2D eigenvalue weighted by Gasteiger charge is -2.12. The molecule has 0 aliphatic carbocycles. The molecule has 19 heavy (non-hydrogen) atoms. The molecule has 0 spiro atoms. The standard InChI is InChI=1S/C16H29N3/c1-5-6-7-8-9-10-19-15(4)18-13-16(19)12-17-11-14(2)3/h5,13-14,17H,1,6-12H2,2-4H3. The molecule has 108 valence electrons. The van der Waals surface area contributed by atoms with Gasteiger partial charge in [-0.05, 0) is 38.6 Å². The van der Waals surface area contributed by atoms with Crippen molar-refractivity contribution in [1.29, 1.82) is 0 Å². The van der Waals surface area contributed by atoms with Crippen molar-refractivity contribution in [2.45, 2.75) is 59.5 Å². The minimum Gasteiger partial charge on any atom is -0.331 e. The fourth-order valence-electron chi connectivity index (χ4n) is 2.19. The second-order valence-electron chi connectivity index (χ2n) is 5.61. The fraction of sp³-hybridized carbons (Fsp3) is 0.688. The molecule has 0 saturated heterocycles. The Balaban J connectivity index is 2.38. The summed E-state index contributed by atoms with van der Waals surface area (Å²) < 4.78 is 2.35. The highest BCUT2D eigenvalue weighted by atomic mass is 15.1. The molecule has 0 fully saturated rings. The molecule has 1 rings (SSSR count). The van der Waals surface area contributed by atoms with E-state index in [1.807, 2.05) is 12.3 Å². The van der Waals surface area contributed by atoms with Crippen molar-refractivity contribution in [2.75, 3.05) is 6.54 Å². The highest BCUT2D eigenvalue weighted by molar-refractivity contribution is 5.04. The molecular formula is C16H29N3. The second-order valence-corrected chi connectivity index (χ2v) is 5.61. The second kappa shape index (κ2) is 8.92. The Morgan fingerprint density at radius 3 is 2.84 bits per heavy atom. The Hall–Kier alpha value is -1.09. The molecule has 1 aromatic heterocycles. The lowest BCUT2D eigenvalue weighted by Crippen LogP contribution is -2.21. The molecule has 0 saturated carbocycles. The van der Waals surface area contributed by atoms with Crippen LogP contribution in [0.15, 0.2) is 18.9 Å². The Labute approximate surface area is 118 Å². The molecule has 0 atom stereocenters. The molecular weight excluding hydrogens is 234 g/mol. The molecule has 0 unspecified atom stereocenters. The van der Waals surface area contributed by atoms with Crippen LogP contribution in [0.2, 0.25) is 0 Å². The highest BCUT2D eigenvalue weighted by Gasteiger charge is 2.06. The zero-order valence-corrected chi connectivity index (χ0v) is 12.8. The smallest absolute Gasteiger partial charge is 0.105 e. The van der Waals surface area contributed by atoms with Crippen LogP contribution in [0.1, 0.15) is 51.0 Å². The third-order valence-electron chi connectivity index (χ3n) is 3.29. The lowest BCUT2D eigenvalue weighted by molar-refractivity contribution is 0.518. The van der Waals surface area contributed by atoms with Crippen LogP contribution in [0.25, 0.3) is 0 Å². The number of aromatic nitrogens is 2. The van der Waals surface area contributed by atoms with E-state index in [4.69, 9.17) is 0 Å². The number of rotatable bonds is 10. The van der Waals surface area contributed by atoms with Crippen LogP contribution in [-0.4, -0.2) is 16.1 Å². The quantitative estimate of drug-likeness (QED) is 0.515. The summed E-state index contributed by atoms with van der Waals surface area (Å²) in [6.07, 6.45) is 8.88. The van der Waals surface area contributed by atoms with E-state index in [9.17, 15) is 0 Å². The molecule has 0 aromatic carbocycles. The van der Waals surface area contributed by atoms with Gasteiger partial charge < -0.3 is 9.88 Å². The van der Waals surface area contributed by atoms with E-state index < -0.39 is 0 Å². The monoisotopic (exact) mass is 263 g/mol. The summed E-state index contributed by atoms with van der Waals surface area (Å²) in [5.74, 6) is 1.82. The Kier molecular flexibility index (Phi) is 7.49. The summed E-state index contributed by atoms with van der Waals surface area (Å²) in [4.78, 5) is 4.44. The van der Waals surface area contributed by atoms with Crippen LogP contribution >= 0.6 is 0 Å². The first kappa shape index (κ1) is 16.0. The van der Waals surface area contributed by atoms with Gasteiger partial charge in [-0.15, -0.1) is 6.58 Å². The van der Waals surface area contributed by atoms with Crippen molar-refractivity contribution >= 4 is 0 Å². The van der Waals surface area contributed by atoms with Gasteiger partial charge in [0.25, 0.3) is 0 Å². The summed E-state index contributed by atoms with van der Waals surface area (Å²) in [7, 11) is 0. The zero-order chi connectivity index (χ0) is 14.1. The van der Waals surface area contributed by atoms with E-state index >= 15 is 0 Å². The summed E-state index contributed by atoms with van der Waals surface area (Å²) in [5.41, 5.74) is 1.31. The molecule has 0 aliphatic rings. The predicted molar refractivity (Wildman–Crippen MR) is 82.2 cm³/mol. The van der Waals surface area contributed by atoms with Crippen molar-refractivity contribution in [2.24, 2.45) is 5.92 Å². The zero-order valence-electron chi connectivity index (χ0n) is 12.8. The van der Waals surface area contributed by atoms with Gasteiger partial charge in [-0.2, -0.15) is 0 Å². The molecule has 3 nitrogen and oxygen atoms in total. The number of imidazole rings is 1.